The van der Waals surface area contributed by atoms with Crippen molar-refractivity contribution in [1.82, 2.24) is 21.3 Å². The monoisotopic (exact) mass is 1480 g/mol. The first-order valence-electron chi connectivity index (χ1n) is 38.8. The second-order valence-electron chi connectivity index (χ2n) is 30.4. The van der Waals surface area contributed by atoms with E-state index in [9.17, 15) is 19.2 Å². The van der Waals surface area contributed by atoms with Crippen molar-refractivity contribution in [2.75, 3.05) is 13.2 Å². The van der Waals surface area contributed by atoms with Gasteiger partial charge in [-0.05, 0) is 79.0 Å². The topological polar surface area (TPSA) is 255 Å². The number of amides is 4. The average molecular weight is 1480 g/mol. The van der Waals surface area contributed by atoms with E-state index in [4.69, 9.17) is 71.1 Å². The van der Waals surface area contributed by atoms with E-state index in [0.717, 1.165) is 28.7 Å². The van der Waals surface area contributed by atoms with Gasteiger partial charge in [0.15, 0.2) is 31.5 Å². The van der Waals surface area contributed by atoms with E-state index in [1.165, 1.54) is 27.7 Å². The summed E-state index contributed by atoms with van der Waals surface area (Å²) < 4.78 is 106. The largest absolute Gasteiger partial charge is 0.374 e. The first kappa shape index (κ1) is 82.6. The van der Waals surface area contributed by atoms with E-state index < -0.39 is 141 Å². The molecule has 0 bridgehead atoms. The number of carbonyl (C=O) groups excluding carboxylic acids is 4. The molecule has 0 aromatic heterocycles. The fourth-order valence-corrected chi connectivity index (χ4v) is 16.2. The van der Waals surface area contributed by atoms with Gasteiger partial charge in [0.2, 0.25) is 23.6 Å². The third kappa shape index (κ3) is 21.0. The fraction of sp³-hybridized carbons (Fsp3) is 0.663. The lowest BCUT2D eigenvalue weighted by Crippen LogP contribution is -2.71. The molecule has 4 aromatic rings. The molecule has 14 unspecified atom stereocenters. The molecule has 4 amide bonds. The van der Waals surface area contributed by atoms with E-state index in [0.29, 0.717) is 18.8 Å². The maximum atomic E-state index is 14.2. The van der Waals surface area contributed by atoms with Crippen LogP contribution in [0.4, 0.5) is 0 Å². The van der Waals surface area contributed by atoms with Gasteiger partial charge < -0.3 is 92.3 Å². The van der Waals surface area contributed by atoms with Gasteiger partial charge in [0, 0.05) is 45.4 Å². The molecule has 6 aliphatic rings. The summed E-state index contributed by atoms with van der Waals surface area (Å²) >= 11 is 0. The van der Waals surface area contributed by atoms with Crippen molar-refractivity contribution in [3.63, 3.8) is 0 Å². The minimum absolute atomic E-state index is 0.0142. The highest BCUT2D eigenvalue weighted by Crippen LogP contribution is 2.43. The highest BCUT2D eigenvalue weighted by Gasteiger charge is 2.58. The van der Waals surface area contributed by atoms with Crippen LogP contribution in [0, 0.1) is 41.4 Å². The number of carbonyl (C=O) groups is 4. The molecular weight excluding hydrogens is 1360 g/mol. The lowest BCUT2D eigenvalue weighted by atomic mass is 9.78. The minimum Gasteiger partial charge on any atom is -0.374 e. The summed E-state index contributed by atoms with van der Waals surface area (Å²) in [6.45, 7) is 31.3. The molecule has 6 saturated heterocycles. The molecule has 6 aliphatic heterocycles. The Hall–Kier alpha value is -5.84. The first-order valence-corrected chi connectivity index (χ1v) is 38.8. The van der Waals surface area contributed by atoms with Gasteiger partial charge in [-0.15, -0.1) is 0 Å². The Bertz CT molecular complexity index is 3330. The molecule has 0 aliphatic carbocycles. The van der Waals surface area contributed by atoms with Crippen LogP contribution in [-0.2, 0) is 117 Å². The second kappa shape index (κ2) is 39.2. The number of ether oxygens (including phenoxy) is 15. The summed E-state index contributed by atoms with van der Waals surface area (Å²) in [5.74, 6) is -0.904. The Morgan fingerprint density at radius 2 is 0.651 bits per heavy atom. The lowest BCUT2D eigenvalue weighted by Gasteiger charge is -2.53. The Morgan fingerprint density at radius 1 is 0.302 bits per heavy atom. The van der Waals surface area contributed by atoms with Gasteiger partial charge in [0.25, 0.3) is 0 Å². The van der Waals surface area contributed by atoms with Gasteiger partial charge in [0.1, 0.15) is 60.9 Å². The molecule has 10 rings (SSSR count). The molecule has 0 spiro atoms. The molecule has 4 N–H and O–H groups in total. The molecule has 23 heteroatoms. The highest BCUT2D eigenvalue weighted by atomic mass is 16.8. The van der Waals surface area contributed by atoms with Crippen LogP contribution in [0.5, 0.6) is 0 Å². The Balaban J connectivity index is 1.02. The van der Waals surface area contributed by atoms with Crippen molar-refractivity contribution in [2.24, 2.45) is 41.4 Å². The SMILES string of the molecule is CCC1O[C@H](O[C@H]2C(CC)O[C@@H](O[C@@H]3C(COCc4ccccc4)O[C@H](O[C@H]4C(CO[C@H]5O[C@@H](C)[C@@H](C)C(C)C5C)O[C@@H](C)C(NC(C)=O)[C@@H]4OCc4ccccc4)C(NC(C)=O)C3OCc3ccccc3)C(NC(C)=O)[C@H]2C)C(NC(C)=O)C(OCc2ccccc2)[C@@H]1O[C@@H]1OC(CC)[C@H](C)[C@H](C)C1C. The van der Waals surface area contributed by atoms with Crippen molar-refractivity contribution < 1.29 is 90.2 Å². The van der Waals surface area contributed by atoms with E-state index in [1.54, 1.807) is 0 Å². The van der Waals surface area contributed by atoms with Crippen LogP contribution in [0.3, 0.4) is 0 Å². The number of nitrogens with one attached hydrogen (secondary N) is 4. The minimum atomic E-state index is -1.38. The van der Waals surface area contributed by atoms with E-state index in [2.05, 4.69) is 76.7 Å². The van der Waals surface area contributed by atoms with Gasteiger partial charge in [-0.3, -0.25) is 19.2 Å². The van der Waals surface area contributed by atoms with Gasteiger partial charge in [0.05, 0.1) is 88.3 Å². The first-order chi connectivity index (χ1) is 50.9. The van der Waals surface area contributed by atoms with E-state index in [-0.39, 0.29) is 99.2 Å². The standard InChI is InChI=1S/C83H120N4O19/c1-17-63-49(7)47(5)51(9)80(99-63)104-73-65(19-3)101-82(70(86-57(15)90)77(73)94-42-61-36-28-22-29-37-61)103-72-52(10)68(84-55(13)88)81(100-64(72)18-2)105-74-66(44-92-40-59-32-24-20-25-33-59)102-83(71(87-58(16)91)78(74)95-43-62-38-30-23-31-39-62)106-75-67(45-96-79-50(8)46(4)48(6)53(11)98-79)97-54(12)69(85-56(14)89)76(75)93-41-60-34-26-21-27-35-60/h20-39,46-54,63-83H,17-19,40-45H2,1-16H3,(H,84,88)(H,85,89)(H,86,90)(H,87,91)/t46?,47-,48-,49+,50?,51?,52+,53-,54-,63?,64?,65?,66?,67?,68?,69?,70?,71?,72+,73+,74+,75-,76-,77?,78?,79-,80-,81-,82+,83+/m0/s1. The third-order valence-corrected chi connectivity index (χ3v) is 23.0. The quantitative estimate of drug-likeness (QED) is 0.0365. The van der Waals surface area contributed by atoms with Crippen LogP contribution in [0.25, 0.3) is 0 Å². The maximum absolute atomic E-state index is 14.2. The normalized spacial score (nSPS) is 37.7. The van der Waals surface area contributed by atoms with E-state index >= 15 is 0 Å². The number of rotatable bonds is 31. The maximum Gasteiger partial charge on any atom is 0.217 e. The summed E-state index contributed by atoms with van der Waals surface area (Å²) in [6, 6.07) is 35.1. The highest BCUT2D eigenvalue weighted by molar-refractivity contribution is 5.74. The molecule has 0 radical (unpaired) electrons. The summed E-state index contributed by atoms with van der Waals surface area (Å²) in [5, 5.41) is 12.7. The third-order valence-electron chi connectivity index (χ3n) is 23.0. The van der Waals surface area contributed by atoms with Gasteiger partial charge in [-0.25, -0.2) is 0 Å². The van der Waals surface area contributed by atoms with Crippen LogP contribution in [0.2, 0.25) is 0 Å². The summed E-state index contributed by atoms with van der Waals surface area (Å²) in [7, 11) is 0. The summed E-state index contributed by atoms with van der Waals surface area (Å²) in [5.41, 5.74) is 3.50. The number of hydrogen-bond donors (Lipinski definition) is 4. The average Bonchev–Trinajstić information content (AvgIpc) is 0.761. The zero-order valence-corrected chi connectivity index (χ0v) is 65.0. The summed E-state index contributed by atoms with van der Waals surface area (Å²) in [4.78, 5) is 55.1. The van der Waals surface area contributed by atoms with Crippen LogP contribution in [0.1, 0.15) is 152 Å². The molecule has 30 atom stereocenters. The lowest BCUT2D eigenvalue weighted by molar-refractivity contribution is -0.365. The van der Waals surface area contributed by atoms with Crippen molar-refractivity contribution in [1.29, 1.82) is 0 Å². The van der Waals surface area contributed by atoms with Crippen LogP contribution in [-0.4, -0.2) is 178 Å². The molecule has 23 nitrogen and oxygen atoms in total. The van der Waals surface area contributed by atoms with Crippen molar-refractivity contribution in [3.8, 4) is 0 Å². The van der Waals surface area contributed by atoms with Crippen molar-refractivity contribution >= 4 is 23.6 Å². The zero-order chi connectivity index (χ0) is 75.9. The smallest absolute Gasteiger partial charge is 0.217 e. The Morgan fingerprint density at radius 3 is 1.11 bits per heavy atom. The number of hydrogen-bond acceptors (Lipinski definition) is 19. The Kier molecular flexibility index (Phi) is 30.5. The van der Waals surface area contributed by atoms with E-state index in [1.807, 2.05) is 149 Å². The van der Waals surface area contributed by atoms with Crippen LogP contribution in [0.15, 0.2) is 121 Å². The summed E-state index contributed by atoms with van der Waals surface area (Å²) in [6.07, 6.45) is -14.0. The van der Waals surface area contributed by atoms with Crippen molar-refractivity contribution in [3.05, 3.63) is 144 Å². The fourth-order valence-electron chi connectivity index (χ4n) is 16.2. The predicted octanol–water partition coefficient (Wildman–Crippen LogP) is 10.7. The Labute approximate surface area is 628 Å². The molecule has 6 heterocycles. The zero-order valence-electron chi connectivity index (χ0n) is 65.0. The molecule has 0 saturated carbocycles. The molecule has 586 valence electrons. The van der Waals surface area contributed by atoms with Gasteiger partial charge in [-0.2, -0.15) is 0 Å². The molecule has 6 fully saturated rings. The van der Waals surface area contributed by atoms with Crippen LogP contribution >= 0.6 is 0 Å². The molecule has 106 heavy (non-hydrogen) atoms. The second-order valence-corrected chi connectivity index (χ2v) is 30.4. The van der Waals surface area contributed by atoms with Gasteiger partial charge in [-0.1, -0.05) is 191 Å². The van der Waals surface area contributed by atoms with Crippen molar-refractivity contribution in [2.45, 2.75) is 298 Å². The predicted molar refractivity (Wildman–Crippen MR) is 395 cm³/mol. The molecule has 4 aromatic carbocycles. The van der Waals surface area contributed by atoms with Crippen LogP contribution < -0.4 is 21.3 Å². The molecular formula is C83H120N4O19. The number of benzene rings is 4. The van der Waals surface area contributed by atoms with Gasteiger partial charge >= 0.3 is 0 Å².